The molecule has 4 nitrogen and oxygen atoms in total. The quantitative estimate of drug-likeness (QED) is 0.662. The van der Waals surface area contributed by atoms with Crippen LogP contribution in [0.25, 0.3) is 6.08 Å². The molecule has 4 heteroatoms. The molecule has 0 aliphatic carbocycles. The van der Waals surface area contributed by atoms with Gasteiger partial charge in [0.15, 0.2) is 11.5 Å². The van der Waals surface area contributed by atoms with E-state index < -0.39 is 0 Å². The average Bonchev–Trinajstić information content (AvgIpc) is 2.67. The number of para-hydroxylation sites is 1. The number of hydrogen-bond acceptors (Lipinski definition) is 3. The van der Waals surface area contributed by atoms with Gasteiger partial charge in [-0.3, -0.25) is 4.79 Å². The van der Waals surface area contributed by atoms with Crippen LogP contribution in [0.15, 0.2) is 54.6 Å². The molecule has 0 radical (unpaired) electrons. The van der Waals surface area contributed by atoms with Crippen LogP contribution in [0.3, 0.4) is 0 Å². The molecule has 0 spiro atoms. The Kier molecular flexibility index (Phi) is 7.08. The summed E-state index contributed by atoms with van der Waals surface area (Å²) < 4.78 is 10.5. The van der Waals surface area contributed by atoms with Gasteiger partial charge in [0.25, 0.3) is 5.91 Å². The Morgan fingerprint density at radius 2 is 1.76 bits per heavy atom. The van der Waals surface area contributed by atoms with E-state index in [0.29, 0.717) is 18.0 Å². The lowest BCUT2D eigenvalue weighted by atomic mass is 10.1. The van der Waals surface area contributed by atoms with Crippen molar-refractivity contribution in [2.24, 2.45) is 0 Å². The number of nitrogens with zero attached hydrogens (tertiary/aromatic N) is 1. The standard InChI is InChI=1S/C21H25NO3/c1-4-5-15-22(18-9-7-6-8-10-18)21(23)14-12-17-11-13-19(24-2)20(16-17)25-3/h6-14,16H,4-5,15H2,1-3H3/b14-12+. The number of unbranched alkanes of at least 4 members (excludes halogenated alkanes) is 1. The van der Waals surface area contributed by atoms with Crippen molar-refractivity contribution in [3.8, 4) is 11.5 Å². The van der Waals surface area contributed by atoms with Crippen molar-refractivity contribution in [1.82, 2.24) is 0 Å². The molecule has 2 aromatic rings. The van der Waals surface area contributed by atoms with E-state index in [1.165, 1.54) is 0 Å². The Hall–Kier alpha value is -2.75. The van der Waals surface area contributed by atoms with E-state index in [2.05, 4.69) is 6.92 Å². The van der Waals surface area contributed by atoms with Crippen molar-refractivity contribution in [3.63, 3.8) is 0 Å². The van der Waals surface area contributed by atoms with E-state index in [1.54, 1.807) is 31.3 Å². The summed E-state index contributed by atoms with van der Waals surface area (Å²) in [5.41, 5.74) is 1.80. The summed E-state index contributed by atoms with van der Waals surface area (Å²) in [6, 6.07) is 15.3. The first kappa shape index (κ1) is 18.6. The summed E-state index contributed by atoms with van der Waals surface area (Å²) in [5, 5.41) is 0. The predicted molar refractivity (Wildman–Crippen MR) is 102 cm³/mol. The fraction of sp³-hybridized carbons (Fsp3) is 0.286. The SMILES string of the molecule is CCCCN(C(=O)/C=C/c1ccc(OC)c(OC)c1)c1ccccc1. The largest absolute Gasteiger partial charge is 0.493 e. The molecule has 0 aliphatic heterocycles. The number of hydrogen-bond donors (Lipinski definition) is 0. The summed E-state index contributed by atoms with van der Waals surface area (Å²) in [7, 11) is 3.20. The molecule has 0 aromatic heterocycles. The zero-order chi connectivity index (χ0) is 18.1. The van der Waals surface area contributed by atoms with Crippen molar-refractivity contribution < 1.29 is 14.3 Å². The molecule has 1 amide bonds. The van der Waals surface area contributed by atoms with Gasteiger partial charge in [0, 0.05) is 18.3 Å². The Labute approximate surface area is 149 Å². The molecule has 0 unspecified atom stereocenters. The van der Waals surface area contributed by atoms with Gasteiger partial charge in [-0.05, 0) is 42.3 Å². The summed E-state index contributed by atoms with van der Waals surface area (Å²) in [4.78, 5) is 14.5. The molecule has 2 rings (SSSR count). The third-order valence-electron chi connectivity index (χ3n) is 3.90. The lowest BCUT2D eigenvalue weighted by Crippen LogP contribution is -2.30. The van der Waals surface area contributed by atoms with E-state index in [0.717, 1.165) is 24.1 Å². The van der Waals surface area contributed by atoms with Gasteiger partial charge in [0.1, 0.15) is 0 Å². The number of rotatable bonds is 8. The molecule has 0 atom stereocenters. The van der Waals surface area contributed by atoms with Gasteiger partial charge in [0.2, 0.25) is 0 Å². The highest BCUT2D eigenvalue weighted by Crippen LogP contribution is 2.28. The first-order chi connectivity index (χ1) is 12.2. The highest BCUT2D eigenvalue weighted by atomic mass is 16.5. The molecule has 0 N–H and O–H groups in total. The number of carbonyl (C=O) groups is 1. The fourth-order valence-corrected chi connectivity index (χ4v) is 2.50. The zero-order valence-electron chi connectivity index (χ0n) is 15.1. The first-order valence-corrected chi connectivity index (χ1v) is 8.46. The molecule has 25 heavy (non-hydrogen) atoms. The number of anilines is 1. The Balaban J connectivity index is 2.18. The third-order valence-corrected chi connectivity index (χ3v) is 3.90. The number of amides is 1. The van der Waals surface area contributed by atoms with Crippen LogP contribution in [-0.4, -0.2) is 26.7 Å². The molecule has 2 aromatic carbocycles. The fourth-order valence-electron chi connectivity index (χ4n) is 2.50. The molecule has 0 heterocycles. The second-order valence-corrected chi connectivity index (χ2v) is 5.63. The van der Waals surface area contributed by atoms with Crippen molar-refractivity contribution >= 4 is 17.7 Å². The van der Waals surface area contributed by atoms with E-state index in [1.807, 2.05) is 48.5 Å². The summed E-state index contributed by atoms with van der Waals surface area (Å²) >= 11 is 0. The highest BCUT2D eigenvalue weighted by Gasteiger charge is 2.12. The van der Waals surface area contributed by atoms with Crippen molar-refractivity contribution in [2.45, 2.75) is 19.8 Å². The molecule has 0 saturated heterocycles. The second-order valence-electron chi connectivity index (χ2n) is 5.63. The van der Waals surface area contributed by atoms with Gasteiger partial charge in [-0.1, -0.05) is 37.6 Å². The maximum Gasteiger partial charge on any atom is 0.250 e. The minimum absolute atomic E-state index is 0.0329. The number of carbonyl (C=O) groups excluding carboxylic acids is 1. The second kappa shape index (κ2) is 9.52. The van der Waals surface area contributed by atoms with Gasteiger partial charge in [-0.25, -0.2) is 0 Å². The van der Waals surface area contributed by atoms with Gasteiger partial charge < -0.3 is 14.4 Å². The number of ether oxygens (including phenoxy) is 2. The van der Waals surface area contributed by atoms with Crippen LogP contribution < -0.4 is 14.4 Å². The third kappa shape index (κ3) is 5.11. The van der Waals surface area contributed by atoms with Gasteiger partial charge >= 0.3 is 0 Å². The lowest BCUT2D eigenvalue weighted by Gasteiger charge is -2.21. The van der Waals surface area contributed by atoms with Crippen molar-refractivity contribution in [1.29, 1.82) is 0 Å². The molecule has 0 saturated carbocycles. The molecule has 132 valence electrons. The monoisotopic (exact) mass is 339 g/mol. The number of benzene rings is 2. The number of methoxy groups -OCH3 is 2. The van der Waals surface area contributed by atoms with Crippen LogP contribution in [-0.2, 0) is 4.79 Å². The smallest absolute Gasteiger partial charge is 0.250 e. The van der Waals surface area contributed by atoms with Crippen molar-refractivity contribution in [2.75, 3.05) is 25.7 Å². The van der Waals surface area contributed by atoms with Crippen LogP contribution in [0, 0.1) is 0 Å². The highest BCUT2D eigenvalue weighted by molar-refractivity contribution is 6.03. The molecule has 0 bridgehead atoms. The molecular weight excluding hydrogens is 314 g/mol. The maximum atomic E-state index is 12.7. The summed E-state index contributed by atoms with van der Waals surface area (Å²) in [5.74, 6) is 1.28. The lowest BCUT2D eigenvalue weighted by molar-refractivity contribution is -0.114. The zero-order valence-corrected chi connectivity index (χ0v) is 15.1. The van der Waals surface area contributed by atoms with Crippen LogP contribution in [0.4, 0.5) is 5.69 Å². The van der Waals surface area contributed by atoms with Gasteiger partial charge in [0.05, 0.1) is 14.2 Å². The summed E-state index contributed by atoms with van der Waals surface area (Å²) in [6.07, 6.45) is 5.40. The van der Waals surface area contributed by atoms with E-state index in [-0.39, 0.29) is 5.91 Å². The van der Waals surface area contributed by atoms with Crippen LogP contribution in [0.1, 0.15) is 25.3 Å². The normalized spacial score (nSPS) is 10.7. The Bertz CT molecular complexity index is 710. The molecule has 0 aliphatic rings. The van der Waals surface area contributed by atoms with E-state index in [4.69, 9.17) is 9.47 Å². The van der Waals surface area contributed by atoms with Crippen LogP contribution in [0.2, 0.25) is 0 Å². The van der Waals surface area contributed by atoms with E-state index in [9.17, 15) is 4.79 Å². The molecule has 0 fully saturated rings. The van der Waals surface area contributed by atoms with Gasteiger partial charge in [-0.15, -0.1) is 0 Å². The topological polar surface area (TPSA) is 38.8 Å². The minimum atomic E-state index is -0.0329. The van der Waals surface area contributed by atoms with Crippen LogP contribution >= 0.6 is 0 Å². The van der Waals surface area contributed by atoms with Crippen LogP contribution in [0.5, 0.6) is 11.5 Å². The van der Waals surface area contributed by atoms with E-state index >= 15 is 0 Å². The first-order valence-electron chi connectivity index (χ1n) is 8.46. The van der Waals surface area contributed by atoms with Gasteiger partial charge in [-0.2, -0.15) is 0 Å². The molecular formula is C21H25NO3. The maximum absolute atomic E-state index is 12.7. The Morgan fingerprint density at radius 3 is 2.40 bits per heavy atom. The summed E-state index contributed by atoms with van der Waals surface area (Å²) in [6.45, 7) is 2.82. The average molecular weight is 339 g/mol. The minimum Gasteiger partial charge on any atom is -0.493 e. The Morgan fingerprint density at radius 1 is 1.04 bits per heavy atom. The van der Waals surface area contributed by atoms with Crippen molar-refractivity contribution in [3.05, 3.63) is 60.2 Å². The predicted octanol–water partition coefficient (Wildman–Crippen LogP) is 4.55.